The molecule has 1 aromatic rings. The molecule has 0 aromatic carbocycles. The van der Waals surface area contributed by atoms with E-state index in [-0.39, 0.29) is 24.8 Å². The minimum Gasteiger partial charge on any atom is -0.452 e. The van der Waals surface area contributed by atoms with Crippen molar-refractivity contribution >= 4 is 29.1 Å². The highest BCUT2D eigenvalue weighted by Crippen LogP contribution is 2.05. The average molecular weight is 312 g/mol. The number of hydrogen-bond acceptors (Lipinski definition) is 5. The Balaban J connectivity index is 2.21. The van der Waals surface area contributed by atoms with Crippen LogP contribution in [0.15, 0.2) is 16.8 Å². The molecular formula is C14H20N2O4S. The minimum atomic E-state index is -0.823. The summed E-state index contributed by atoms with van der Waals surface area (Å²) in [4.78, 5) is 34.7. The van der Waals surface area contributed by atoms with Gasteiger partial charge in [0.25, 0.3) is 11.8 Å². The molecular weight excluding hydrogens is 292 g/mol. The molecule has 0 saturated heterocycles. The van der Waals surface area contributed by atoms with Crippen LogP contribution >= 0.6 is 11.3 Å². The van der Waals surface area contributed by atoms with Crippen molar-refractivity contribution in [2.45, 2.75) is 32.8 Å². The molecule has 0 aliphatic carbocycles. The standard InChI is InChI=1S/C14H20N2O4S/c1-3-6-15-13(18)10(2)20-12(17)4-7-16-14(19)11-5-8-21-9-11/h5,8-10H,3-4,6-7H2,1-2H3,(H,15,18)(H,16,19). The molecule has 21 heavy (non-hydrogen) atoms. The van der Waals surface area contributed by atoms with E-state index in [0.29, 0.717) is 12.1 Å². The van der Waals surface area contributed by atoms with E-state index in [1.165, 1.54) is 18.3 Å². The predicted molar refractivity (Wildman–Crippen MR) is 80.1 cm³/mol. The van der Waals surface area contributed by atoms with Gasteiger partial charge in [0.15, 0.2) is 6.10 Å². The van der Waals surface area contributed by atoms with Gasteiger partial charge >= 0.3 is 5.97 Å². The Hall–Kier alpha value is -1.89. The summed E-state index contributed by atoms with van der Waals surface area (Å²) < 4.78 is 4.98. The monoisotopic (exact) mass is 312 g/mol. The first-order valence-corrected chi connectivity index (χ1v) is 7.76. The van der Waals surface area contributed by atoms with Crippen LogP contribution in [0, 0.1) is 0 Å². The molecule has 0 fully saturated rings. The normalized spacial score (nSPS) is 11.5. The zero-order chi connectivity index (χ0) is 15.7. The summed E-state index contributed by atoms with van der Waals surface area (Å²) in [7, 11) is 0. The van der Waals surface area contributed by atoms with E-state index in [4.69, 9.17) is 4.74 Å². The van der Waals surface area contributed by atoms with E-state index in [1.807, 2.05) is 6.92 Å². The Morgan fingerprint density at radius 3 is 2.67 bits per heavy atom. The van der Waals surface area contributed by atoms with Crippen molar-refractivity contribution in [1.82, 2.24) is 10.6 Å². The van der Waals surface area contributed by atoms with Gasteiger partial charge in [0.2, 0.25) is 0 Å². The Labute approximate surface area is 127 Å². The highest BCUT2D eigenvalue weighted by molar-refractivity contribution is 7.08. The van der Waals surface area contributed by atoms with Crippen LogP contribution in [0.25, 0.3) is 0 Å². The summed E-state index contributed by atoms with van der Waals surface area (Å²) in [6, 6.07) is 1.71. The molecule has 0 radical (unpaired) electrons. The summed E-state index contributed by atoms with van der Waals surface area (Å²) in [5, 5.41) is 8.80. The molecule has 1 rings (SSSR count). The van der Waals surface area contributed by atoms with Gasteiger partial charge in [0, 0.05) is 24.0 Å². The van der Waals surface area contributed by atoms with Crippen LogP contribution in [0.3, 0.4) is 0 Å². The summed E-state index contributed by atoms with van der Waals surface area (Å²) in [5.41, 5.74) is 0.570. The lowest BCUT2D eigenvalue weighted by atomic mass is 10.3. The maximum atomic E-state index is 11.6. The van der Waals surface area contributed by atoms with Crippen molar-refractivity contribution in [3.63, 3.8) is 0 Å². The highest BCUT2D eigenvalue weighted by Gasteiger charge is 2.17. The van der Waals surface area contributed by atoms with Gasteiger partial charge in [-0.25, -0.2) is 0 Å². The zero-order valence-electron chi connectivity index (χ0n) is 12.2. The third kappa shape index (κ3) is 6.40. The number of carbonyl (C=O) groups is 3. The smallest absolute Gasteiger partial charge is 0.308 e. The van der Waals surface area contributed by atoms with E-state index >= 15 is 0 Å². The fourth-order valence-electron chi connectivity index (χ4n) is 1.48. The van der Waals surface area contributed by atoms with E-state index in [9.17, 15) is 14.4 Å². The second kappa shape index (κ2) is 9.12. The summed E-state index contributed by atoms with van der Waals surface area (Å²) >= 11 is 1.43. The third-order valence-electron chi connectivity index (χ3n) is 2.62. The minimum absolute atomic E-state index is 0.0290. The van der Waals surface area contributed by atoms with Gasteiger partial charge in [-0.1, -0.05) is 6.92 Å². The van der Waals surface area contributed by atoms with E-state index in [1.54, 1.807) is 16.8 Å². The number of hydrogen-bond donors (Lipinski definition) is 2. The van der Waals surface area contributed by atoms with Crippen molar-refractivity contribution in [3.05, 3.63) is 22.4 Å². The molecule has 2 N–H and O–H groups in total. The van der Waals surface area contributed by atoms with Crippen molar-refractivity contribution in [3.8, 4) is 0 Å². The molecule has 1 atom stereocenters. The number of ether oxygens (including phenoxy) is 1. The Bertz CT molecular complexity index is 473. The third-order valence-corrected chi connectivity index (χ3v) is 3.31. The summed E-state index contributed by atoms with van der Waals surface area (Å²) in [6.07, 6.45) is 0.0269. The number of esters is 1. The van der Waals surface area contributed by atoms with Crippen molar-refractivity contribution in [2.24, 2.45) is 0 Å². The van der Waals surface area contributed by atoms with Crippen LogP contribution in [0.4, 0.5) is 0 Å². The maximum absolute atomic E-state index is 11.6. The number of amides is 2. The quantitative estimate of drug-likeness (QED) is 0.709. The van der Waals surface area contributed by atoms with E-state index in [2.05, 4.69) is 10.6 Å². The number of rotatable bonds is 8. The fourth-order valence-corrected chi connectivity index (χ4v) is 2.11. The van der Waals surface area contributed by atoms with Gasteiger partial charge in [-0.2, -0.15) is 11.3 Å². The first kappa shape index (κ1) is 17.2. The van der Waals surface area contributed by atoms with Crippen LogP contribution < -0.4 is 10.6 Å². The second-order valence-corrected chi connectivity index (χ2v) is 5.22. The van der Waals surface area contributed by atoms with Gasteiger partial charge in [0.05, 0.1) is 6.42 Å². The first-order valence-electron chi connectivity index (χ1n) is 6.82. The fraction of sp³-hybridized carbons (Fsp3) is 0.500. The van der Waals surface area contributed by atoms with Crippen molar-refractivity contribution < 1.29 is 19.1 Å². The van der Waals surface area contributed by atoms with E-state index < -0.39 is 12.1 Å². The van der Waals surface area contributed by atoms with Gasteiger partial charge in [-0.05, 0) is 24.8 Å². The lowest BCUT2D eigenvalue weighted by molar-refractivity contribution is -0.154. The SMILES string of the molecule is CCCNC(=O)C(C)OC(=O)CCNC(=O)c1ccsc1. The van der Waals surface area contributed by atoms with Crippen LogP contribution in [0.2, 0.25) is 0 Å². The maximum Gasteiger partial charge on any atom is 0.308 e. The number of nitrogens with one attached hydrogen (secondary N) is 2. The lowest BCUT2D eigenvalue weighted by Gasteiger charge is -2.13. The lowest BCUT2D eigenvalue weighted by Crippen LogP contribution is -2.36. The Kier molecular flexibility index (Phi) is 7.45. The Morgan fingerprint density at radius 2 is 2.05 bits per heavy atom. The largest absolute Gasteiger partial charge is 0.452 e. The zero-order valence-corrected chi connectivity index (χ0v) is 13.0. The van der Waals surface area contributed by atoms with E-state index in [0.717, 1.165) is 6.42 Å². The molecule has 6 nitrogen and oxygen atoms in total. The molecule has 0 saturated carbocycles. The molecule has 1 heterocycles. The van der Waals surface area contributed by atoms with Crippen LogP contribution in [-0.4, -0.2) is 37.0 Å². The van der Waals surface area contributed by atoms with Crippen LogP contribution in [-0.2, 0) is 14.3 Å². The van der Waals surface area contributed by atoms with Crippen LogP contribution in [0.5, 0.6) is 0 Å². The first-order chi connectivity index (χ1) is 10.0. The highest BCUT2D eigenvalue weighted by atomic mass is 32.1. The number of carbonyl (C=O) groups excluding carboxylic acids is 3. The summed E-state index contributed by atoms with van der Waals surface area (Å²) in [6.45, 7) is 4.19. The second-order valence-electron chi connectivity index (χ2n) is 4.44. The van der Waals surface area contributed by atoms with Gasteiger partial charge in [-0.3, -0.25) is 14.4 Å². The Morgan fingerprint density at radius 1 is 1.29 bits per heavy atom. The molecule has 2 amide bonds. The van der Waals surface area contributed by atoms with Crippen molar-refractivity contribution in [1.29, 1.82) is 0 Å². The average Bonchev–Trinajstić information content (AvgIpc) is 2.98. The number of thiophene rings is 1. The molecule has 0 spiro atoms. The predicted octanol–water partition coefficient (Wildman–Crippen LogP) is 1.33. The van der Waals surface area contributed by atoms with Gasteiger partial charge in [-0.15, -0.1) is 0 Å². The molecule has 1 unspecified atom stereocenters. The van der Waals surface area contributed by atoms with Crippen LogP contribution in [0.1, 0.15) is 37.0 Å². The van der Waals surface area contributed by atoms with Crippen molar-refractivity contribution in [2.75, 3.05) is 13.1 Å². The van der Waals surface area contributed by atoms with Gasteiger partial charge < -0.3 is 15.4 Å². The topological polar surface area (TPSA) is 84.5 Å². The molecule has 1 aromatic heterocycles. The molecule has 0 aliphatic heterocycles. The molecule has 0 bridgehead atoms. The van der Waals surface area contributed by atoms with Gasteiger partial charge in [0.1, 0.15) is 0 Å². The molecule has 116 valence electrons. The molecule has 7 heteroatoms. The molecule has 0 aliphatic rings. The summed E-state index contributed by atoms with van der Waals surface area (Å²) in [5.74, 6) is -1.05.